The number of carbonyl (C=O) groups is 1. The Labute approximate surface area is 133 Å². The lowest BCUT2D eigenvalue weighted by molar-refractivity contribution is -0.124. The maximum Gasteiger partial charge on any atom is 0.387 e. The van der Waals surface area contributed by atoms with Crippen LogP contribution in [0.1, 0.15) is 35.4 Å². The van der Waals surface area contributed by atoms with Gasteiger partial charge in [0.15, 0.2) is 0 Å². The highest BCUT2D eigenvalue weighted by Gasteiger charge is 2.27. The minimum absolute atomic E-state index is 0.113. The average molecular weight is 312 g/mol. The molecule has 0 atom stereocenters. The molecule has 0 spiro atoms. The molecule has 0 N–H and O–H groups in total. The van der Waals surface area contributed by atoms with Gasteiger partial charge < -0.3 is 4.74 Å². The van der Waals surface area contributed by atoms with E-state index < -0.39 is 6.61 Å². The third kappa shape index (κ3) is 3.95. The van der Waals surface area contributed by atoms with Crippen LogP contribution in [-0.4, -0.2) is 12.4 Å². The van der Waals surface area contributed by atoms with Crippen LogP contribution in [0.2, 0.25) is 0 Å². The van der Waals surface area contributed by atoms with E-state index >= 15 is 0 Å². The number of ketones is 1. The molecular formula is C19H14F2O2. The standard InChI is InChI=1S/C19H14F2O2/c20-19(21)23-18-8-6-13(7-9-18)4-5-14-2-1-3-15(10-14)16-11-17(22)12-16/h1-3,6-10,16,19H,11-12H2. The zero-order valence-corrected chi connectivity index (χ0v) is 12.3. The molecule has 0 aliphatic heterocycles. The first-order valence-electron chi connectivity index (χ1n) is 7.29. The molecular weight excluding hydrogens is 298 g/mol. The molecule has 0 saturated heterocycles. The third-order valence-corrected chi connectivity index (χ3v) is 3.74. The van der Waals surface area contributed by atoms with E-state index in [1.807, 2.05) is 24.3 Å². The minimum Gasteiger partial charge on any atom is -0.435 e. The molecule has 2 nitrogen and oxygen atoms in total. The maximum absolute atomic E-state index is 12.1. The van der Waals surface area contributed by atoms with Crippen molar-refractivity contribution in [3.8, 4) is 17.6 Å². The number of hydrogen-bond acceptors (Lipinski definition) is 2. The van der Waals surface area contributed by atoms with Crippen LogP contribution in [0.25, 0.3) is 0 Å². The first kappa shape index (κ1) is 15.2. The Bertz CT molecular complexity index is 762. The van der Waals surface area contributed by atoms with Crippen LogP contribution in [0.5, 0.6) is 5.75 Å². The van der Waals surface area contributed by atoms with Crippen molar-refractivity contribution >= 4 is 5.78 Å². The Kier molecular flexibility index (Phi) is 4.38. The van der Waals surface area contributed by atoms with Gasteiger partial charge in [-0.05, 0) is 47.9 Å². The molecule has 23 heavy (non-hydrogen) atoms. The Balaban J connectivity index is 1.71. The van der Waals surface area contributed by atoms with Crippen LogP contribution < -0.4 is 4.74 Å². The van der Waals surface area contributed by atoms with Crippen LogP contribution in [0.3, 0.4) is 0 Å². The number of hydrogen-bond donors (Lipinski definition) is 0. The smallest absolute Gasteiger partial charge is 0.387 e. The Morgan fingerprint density at radius 2 is 1.70 bits per heavy atom. The highest BCUT2D eigenvalue weighted by molar-refractivity contribution is 5.86. The van der Waals surface area contributed by atoms with Crippen LogP contribution >= 0.6 is 0 Å². The summed E-state index contributed by atoms with van der Waals surface area (Å²) in [5, 5.41) is 0. The summed E-state index contributed by atoms with van der Waals surface area (Å²) in [6.07, 6.45) is 1.23. The van der Waals surface area contributed by atoms with E-state index in [4.69, 9.17) is 0 Å². The van der Waals surface area contributed by atoms with Gasteiger partial charge in [-0.25, -0.2) is 0 Å². The SMILES string of the molecule is O=C1CC(c2cccc(C#Cc3ccc(OC(F)F)cc3)c2)C1. The largest absolute Gasteiger partial charge is 0.435 e. The van der Waals surface area contributed by atoms with E-state index in [2.05, 4.69) is 16.6 Å². The summed E-state index contributed by atoms with van der Waals surface area (Å²) >= 11 is 0. The fourth-order valence-corrected chi connectivity index (χ4v) is 2.46. The van der Waals surface area contributed by atoms with Crippen molar-refractivity contribution in [3.05, 3.63) is 65.2 Å². The second kappa shape index (κ2) is 6.62. The molecule has 1 fully saturated rings. The quantitative estimate of drug-likeness (QED) is 0.796. The van der Waals surface area contributed by atoms with Gasteiger partial charge in [-0.1, -0.05) is 24.0 Å². The molecule has 2 aromatic rings. The van der Waals surface area contributed by atoms with Gasteiger partial charge >= 0.3 is 6.61 Å². The first-order valence-corrected chi connectivity index (χ1v) is 7.29. The number of halogens is 2. The van der Waals surface area contributed by atoms with E-state index in [9.17, 15) is 13.6 Å². The van der Waals surface area contributed by atoms with Gasteiger partial charge in [-0.15, -0.1) is 0 Å². The number of carbonyl (C=O) groups excluding carboxylic acids is 1. The summed E-state index contributed by atoms with van der Waals surface area (Å²) in [7, 11) is 0. The number of benzene rings is 2. The van der Waals surface area contributed by atoms with Gasteiger partial charge in [0.05, 0.1) is 0 Å². The molecule has 0 bridgehead atoms. The minimum atomic E-state index is -2.83. The van der Waals surface area contributed by atoms with Crippen LogP contribution in [0.4, 0.5) is 8.78 Å². The van der Waals surface area contributed by atoms with E-state index in [1.165, 1.54) is 12.1 Å². The monoisotopic (exact) mass is 312 g/mol. The van der Waals surface area contributed by atoms with Gasteiger partial charge in [-0.3, -0.25) is 4.79 Å². The normalized spacial score (nSPS) is 14.1. The summed E-state index contributed by atoms with van der Waals surface area (Å²) in [6.45, 7) is -2.83. The average Bonchev–Trinajstić information content (AvgIpc) is 2.51. The Morgan fingerprint density at radius 3 is 2.35 bits per heavy atom. The van der Waals surface area contributed by atoms with Crippen molar-refractivity contribution in [1.82, 2.24) is 0 Å². The molecule has 116 valence electrons. The number of Topliss-reactive ketones (excluding diaryl/α,β-unsaturated/α-hetero) is 1. The first-order chi connectivity index (χ1) is 11.1. The molecule has 0 aromatic heterocycles. The molecule has 2 aromatic carbocycles. The van der Waals surface area contributed by atoms with Gasteiger partial charge in [0, 0.05) is 24.0 Å². The molecule has 1 saturated carbocycles. The van der Waals surface area contributed by atoms with Crippen LogP contribution in [0, 0.1) is 11.8 Å². The lowest BCUT2D eigenvalue weighted by Gasteiger charge is -2.24. The molecule has 0 unspecified atom stereocenters. The van der Waals surface area contributed by atoms with Crippen molar-refractivity contribution in [2.45, 2.75) is 25.4 Å². The summed E-state index contributed by atoms with van der Waals surface area (Å²) < 4.78 is 28.5. The van der Waals surface area contributed by atoms with Gasteiger partial charge in [0.2, 0.25) is 0 Å². The highest BCUT2D eigenvalue weighted by atomic mass is 19.3. The number of alkyl halides is 2. The van der Waals surface area contributed by atoms with Crippen molar-refractivity contribution in [3.63, 3.8) is 0 Å². The van der Waals surface area contributed by atoms with E-state index in [0.717, 1.165) is 16.7 Å². The van der Waals surface area contributed by atoms with Crippen LogP contribution in [0.15, 0.2) is 48.5 Å². The lowest BCUT2D eigenvalue weighted by Crippen LogP contribution is -2.21. The van der Waals surface area contributed by atoms with Crippen molar-refractivity contribution < 1.29 is 18.3 Å². The maximum atomic E-state index is 12.1. The Hall–Kier alpha value is -2.67. The van der Waals surface area contributed by atoms with Crippen molar-refractivity contribution in [1.29, 1.82) is 0 Å². The summed E-state index contributed by atoms with van der Waals surface area (Å²) in [5.74, 6) is 6.78. The van der Waals surface area contributed by atoms with Crippen molar-refractivity contribution in [2.24, 2.45) is 0 Å². The fourth-order valence-electron chi connectivity index (χ4n) is 2.46. The number of ether oxygens (including phenoxy) is 1. The molecule has 0 amide bonds. The lowest BCUT2D eigenvalue weighted by atomic mass is 9.78. The topological polar surface area (TPSA) is 26.3 Å². The molecule has 4 heteroatoms. The van der Waals surface area contributed by atoms with E-state index in [-0.39, 0.29) is 5.75 Å². The molecule has 0 radical (unpaired) electrons. The van der Waals surface area contributed by atoms with E-state index in [1.54, 1.807) is 12.1 Å². The zero-order valence-electron chi connectivity index (χ0n) is 12.3. The predicted octanol–water partition coefficient (Wildman–Crippen LogP) is 4.13. The van der Waals surface area contributed by atoms with Gasteiger partial charge in [0.1, 0.15) is 11.5 Å². The predicted molar refractivity (Wildman–Crippen MR) is 82.5 cm³/mol. The summed E-state index contributed by atoms with van der Waals surface area (Å²) in [4.78, 5) is 11.1. The summed E-state index contributed by atoms with van der Waals surface area (Å²) in [6, 6.07) is 14.1. The zero-order chi connectivity index (χ0) is 16.2. The molecule has 1 aliphatic carbocycles. The number of rotatable bonds is 3. The fraction of sp³-hybridized carbons (Fsp3) is 0.211. The molecule has 3 rings (SSSR count). The highest BCUT2D eigenvalue weighted by Crippen LogP contribution is 2.33. The molecule has 1 aliphatic rings. The summed E-state index contributed by atoms with van der Waals surface area (Å²) in [5.41, 5.74) is 2.72. The van der Waals surface area contributed by atoms with E-state index in [0.29, 0.717) is 24.5 Å². The molecule has 0 heterocycles. The van der Waals surface area contributed by atoms with Crippen LogP contribution in [-0.2, 0) is 4.79 Å². The Morgan fingerprint density at radius 1 is 1.00 bits per heavy atom. The second-order valence-corrected chi connectivity index (χ2v) is 5.42. The van der Waals surface area contributed by atoms with Crippen molar-refractivity contribution in [2.75, 3.05) is 0 Å². The van der Waals surface area contributed by atoms with Gasteiger partial charge in [0.25, 0.3) is 0 Å². The third-order valence-electron chi connectivity index (χ3n) is 3.74. The second-order valence-electron chi connectivity index (χ2n) is 5.42. The van der Waals surface area contributed by atoms with Gasteiger partial charge in [-0.2, -0.15) is 8.78 Å².